The zero-order chi connectivity index (χ0) is 13.8. The summed E-state index contributed by atoms with van der Waals surface area (Å²) in [6, 6.07) is 4.39. The van der Waals surface area contributed by atoms with Crippen LogP contribution >= 0.6 is 15.9 Å². The smallest absolute Gasteiger partial charge is 0.144 e. The molecule has 0 aromatic heterocycles. The first-order chi connectivity index (χ1) is 8.49. The highest BCUT2D eigenvalue weighted by Crippen LogP contribution is 2.29. The first-order valence-electron chi connectivity index (χ1n) is 6.16. The van der Waals surface area contributed by atoms with E-state index in [0.717, 1.165) is 4.47 Å². The van der Waals surface area contributed by atoms with Crippen molar-refractivity contribution < 1.29 is 9.18 Å². The minimum Gasteiger partial charge on any atom is -0.329 e. The minimum atomic E-state index is -0.480. The number of carbonyl (C=O) groups is 1. The number of rotatable bonds is 6. The number of halogens is 2. The van der Waals surface area contributed by atoms with Crippen molar-refractivity contribution in [1.82, 2.24) is 0 Å². The van der Waals surface area contributed by atoms with Gasteiger partial charge >= 0.3 is 0 Å². The molecule has 0 heterocycles. The molecule has 2 N–H and O–H groups in total. The Morgan fingerprint density at radius 1 is 1.39 bits per heavy atom. The van der Waals surface area contributed by atoms with E-state index in [1.807, 2.05) is 13.8 Å². The van der Waals surface area contributed by atoms with E-state index in [2.05, 4.69) is 15.9 Å². The Labute approximate surface area is 116 Å². The van der Waals surface area contributed by atoms with E-state index < -0.39 is 5.41 Å². The summed E-state index contributed by atoms with van der Waals surface area (Å²) in [5.74, 6) is -0.242. The molecular weight excluding hydrogens is 297 g/mol. The molecule has 0 amide bonds. The summed E-state index contributed by atoms with van der Waals surface area (Å²) in [5, 5.41) is 0. The molecule has 0 radical (unpaired) electrons. The molecule has 100 valence electrons. The average molecular weight is 316 g/mol. The summed E-state index contributed by atoms with van der Waals surface area (Å²) >= 11 is 3.34. The van der Waals surface area contributed by atoms with Crippen molar-refractivity contribution in [2.45, 2.75) is 33.1 Å². The third-order valence-corrected chi connectivity index (χ3v) is 4.47. The molecule has 0 aliphatic carbocycles. The Kier molecular flexibility index (Phi) is 5.47. The van der Waals surface area contributed by atoms with Gasteiger partial charge in [0, 0.05) is 22.9 Å². The number of carbonyl (C=O) groups excluding carboxylic acids is 1. The van der Waals surface area contributed by atoms with Crippen LogP contribution in [0, 0.1) is 11.2 Å². The van der Waals surface area contributed by atoms with Crippen LogP contribution in [0.15, 0.2) is 22.7 Å². The molecule has 0 aliphatic heterocycles. The zero-order valence-electron chi connectivity index (χ0n) is 10.8. The van der Waals surface area contributed by atoms with Gasteiger partial charge in [-0.05, 0) is 36.6 Å². The lowest BCUT2D eigenvalue weighted by Gasteiger charge is -2.28. The van der Waals surface area contributed by atoms with Crippen LogP contribution in [-0.4, -0.2) is 12.3 Å². The largest absolute Gasteiger partial charge is 0.329 e. The lowest BCUT2D eigenvalue weighted by atomic mass is 9.76. The molecule has 1 rings (SSSR count). The number of nitrogens with two attached hydrogens (primary N) is 1. The van der Waals surface area contributed by atoms with Crippen molar-refractivity contribution in [1.29, 1.82) is 0 Å². The Morgan fingerprint density at radius 3 is 2.50 bits per heavy atom. The van der Waals surface area contributed by atoms with Crippen LogP contribution in [0.4, 0.5) is 4.39 Å². The van der Waals surface area contributed by atoms with Gasteiger partial charge in [0.15, 0.2) is 0 Å². The van der Waals surface area contributed by atoms with Gasteiger partial charge in [0.25, 0.3) is 0 Å². The number of ketones is 1. The van der Waals surface area contributed by atoms with Gasteiger partial charge in [-0.3, -0.25) is 4.79 Å². The maximum Gasteiger partial charge on any atom is 0.144 e. The van der Waals surface area contributed by atoms with E-state index in [9.17, 15) is 9.18 Å². The average Bonchev–Trinajstić information content (AvgIpc) is 2.37. The van der Waals surface area contributed by atoms with Gasteiger partial charge in [-0.15, -0.1) is 0 Å². The summed E-state index contributed by atoms with van der Waals surface area (Å²) < 4.78 is 13.9. The van der Waals surface area contributed by atoms with Crippen LogP contribution in [0.25, 0.3) is 0 Å². The second-order valence-corrected chi connectivity index (χ2v) is 5.38. The number of hydrogen-bond acceptors (Lipinski definition) is 2. The Balaban J connectivity index is 2.96. The molecule has 1 aromatic carbocycles. The first kappa shape index (κ1) is 15.3. The van der Waals surface area contributed by atoms with Gasteiger partial charge < -0.3 is 5.73 Å². The third kappa shape index (κ3) is 3.18. The molecule has 18 heavy (non-hydrogen) atoms. The van der Waals surface area contributed by atoms with E-state index in [0.29, 0.717) is 24.9 Å². The van der Waals surface area contributed by atoms with Crippen LogP contribution in [0.1, 0.15) is 32.3 Å². The number of hydrogen-bond donors (Lipinski definition) is 1. The first-order valence-corrected chi connectivity index (χ1v) is 6.95. The lowest BCUT2D eigenvalue weighted by Crippen LogP contribution is -2.38. The fraction of sp³-hybridized carbons (Fsp3) is 0.500. The summed E-state index contributed by atoms with van der Waals surface area (Å²) in [5.41, 5.74) is 5.94. The van der Waals surface area contributed by atoms with Gasteiger partial charge in [0.1, 0.15) is 11.6 Å². The summed E-state index contributed by atoms with van der Waals surface area (Å²) in [6.45, 7) is 4.27. The highest BCUT2D eigenvalue weighted by Gasteiger charge is 2.33. The van der Waals surface area contributed by atoms with Gasteiger partial charge in [-0.25, -0.2) is 4.39 Å². The van der Waals surface area contributed by atoms with Crippen molar-refractivity contribution in [3.63, 3.8) is 0 Å². The van der Waals surface area contributed by atoms with Crippen LogP contribution in [0.2, 0.25) is 0 Å². The highest BCUT2D eigenvalue weighted by atomic mass is 79.9. The van der Waals surface area contributed by atoms with Gasteiger partial charge in [0.05, 0.1) is 0 Å². The van der Waals surface area contributed by atoms with Crippen LogP contribution in [-0.2, 0) is 11.2 Å². The van der Waals surface area contributed by atoms with E-state index in [-0.39, 0.29) is 18.0 Å². The SMILES string of the molecule is CCC(CC)(CN)C(=O)Cc1cc(F)ccc1Br. The van der Waals surface area contributed by atoms with E-state index in [1.54, 1.807) is 6.07 Å². The quantitative estimate of drug-likeness (QED) is 0.873. The Bertz CT molecular complexity index is 422. The van der Waals surface area contributed by atoms with Gasteiger partial charge in [-0.2, -0.15) is 0 Å². The van der Waals surface area contributed by atoms with Gasteiger partial charge in [-0.1, -0.05) is 29.8 Å². The normalized spacial score (nSPS) is 11.6. The molecule has 0 fully saturated rings. The predicted octanol–water partition coefficient (Wildman–Crippen LogP) is 3.46. The third-order valence-electron chi connectivity index (χ3n) is 3.69. The molecule has 0 atom stereocenters. The molecule has 1 aromatic rings. The monoisotopic (exact) mass is 315 g/mol. The molecule has 0 aliphatic rings. The predicted molar refractivity (Wildman–Crippen MR) is 74.9 cm³/mol. The molecule has 0 bridgehead atoms. The number of benzene rings is 1. The maximum atomic E-state index is 13.2. The topological polar surface area (TPSA) is 43.1 Å². The fourth-order valence-corrected chi connectivity index (χ4v) is 2.47. The second kappa shape index (κ2) is 6.43. The Hall–Kier alpha value is -0.740. The fourth-order valence-electron chi connectivity index (χ4n) is 2.09. The standard InChI is InChI=1S/C14H19BrFNO/c1-3-14(4-2,9-17)13(18)8-10-7-11(16)5-6-12(10)15/h5-7H,3-4,8-9,17H2,1-2H3. The van der Waals surface area contributed by atoms with Crippen molar-refractivity contribution in [2.75, 3.05) is 6.54 Å². The number of Topliss-reactive ketones (excluding diaryl/α,β-unsaturated/α-hetero) is 1. The molecule has 0 spiro atoms. The Morgan fingerprint density at radius 2 is 2.00 bits per heavy atom. The molecule has 2 nitrogen and oxygen atoms in total. The van der Waals surface area contributed by atoms with Crippen molar-refractivity contribution >= 4 is 21.7 Å². The highest BCUT2D eigenvalue weighted by molar-refractivity contribution is 9.10. The summed E-state index contributed by atoms with van der Waals surface area (Å²) in [6.07, 6.45) is 1.65. The second-order valence-electron chi connectivity index (χ2n) is 4.53. The van der Waals surface area contributed by atoms with E-state index in [4.69, 9.17) is 5.73 Å². The van der Waals surface area contributed by atoms with Crippen molar-refractivity contribution in [3.05, 3.63) is 34.1 Å². The van der Waals surface area contributed by atoms with E-state index >= 15 is 0 Å². The van der Waals surface area contributed by atoms with Gasteiger partial charge in [0.2, 0.25) is 0 Å². The van der Waals surface area contributed by atoms with Crippen LogP contribution in [0.3, 0.4) is 0 Å². The molecule has 0 unspecified atom stereocenters. The van der Waals surface area contributed by atoms with Crippen LogP contribution in [0.5, 0.6) is 0 Å². The molecule has 0 saturated heterocycles. The van der Waals surface area contributed by atoms with Crippen molar-refractivity contribution in [2.24, 2.45) is 11.1 Å². The summed E-state index contributed by atoms with van der Waals surface area (Å²) in [4.78, 5) is 12.4. The molecule has 0 saturated carbocycles. The lowest BCUT2D eigenvalue weighted by molar-refractivity contribution is -0.128. The van der Waals surface area contributed by atoms with Crippen LogP contribution < -0.4 is 5.73 Å². The molecular formula is C14H19BrFNO. The zero-order valence-corrected chi connectivity index (χ0v) is 12.4. The van der Waals surface area contributed by atoms with Crippen molar-refractivity contribution in [3.8, 4) is 0 Å². The molecule has 4 heteroatoms. The van der Waals surface area contributed by atoms with E-state index in [1.165, 1.54) is 12.1 Å². The summed E-state index contributed by atoms with van der Waals surface area (Å²) in [7, 11) is 0. The minimum absolute atomic E-state index is 0.0845. The maximum absolute atomic E-state index is 13.2.